The first-order chi connectivity index (χ1) is 15.0. The van der Waals surface area contributed by atoms with Crippen LogP contribution in [0.25, 0.3) is 11.1 Å². The van der Waals surface area contributed by atoms with E-state index in [4.69, 9.17) is 4.74 Å². The minimum Gasteiger partial charge on any atom is -0.480 e. The molecule has 32 heavy (non-hydrogen) atoms. The zero-order valence-electron chi connectivity index (χ0n) is 19.3. The molecule has 2 N–H and O–H groups in total. The molecule has 0 spiro atoms. The maximum atomic E-state index is 12.3. The van der Waals surface area contributed by atoms with Gasteiger partial charge in [0, 0.05) is 24.2 Å². The molecule has 1 amide bonds. The van der Waals surface area contributed by atoms with Crippen molar-refractivity contribution in [1.82, 2.24) is 9.88 Å². The first-order valence-electron chi connectivity index (χ1n) is 11.0. The van der Waals surface area contributed by atoms with Gasteiger partial charge in [-0.05, 0) is 82.2 Å². The highest BCUT2D eigenvalue weighted by atomic mass is 16.6. The minimum atomic E-state index is -1.09. The van der Waals surface area contributed by atoms with Crippen LogP contribution in [-0.2, 0) is 16.0 Å². The lowest BCUT2D eigenvalue weighted by molar-refractivity contribution is -0.140. The summed E-state index contributed by atoms with van der Waals surface area (Å²) in [6.07, 6.45) is 3.44. The first-order valence-corrected chi connectivity index (χ1v) is 11.0. The van der Waals surface area contributed by atoms with E-state index in [1.807, 2.05) is 38.2 Å². The van der Waals surface area contributed by atoms with E-state index in [9.17, 15) is 19.5 Å². The van der Waals surface area contributed by atoms with Gasteiger partial charge in [0.05, 0.1) is 0 Å². The van der Waals surface area contributed by atoms with Gasteiger partial charge >= 0.3 is 12.1 Å². The lowest BCUT2D eigenvalue weighted by atomic mass is 9.77. The molecule has 1 aromatic carbocycles. The largest absolute Gasteiger partial charge is 0.480 e. The number of alkyl carbamates (subject to hydrolysis) is 1. The second kappa shape index (κ2) is 9.18. The summed E-state index contributed by atoms with van der Waals surface area (Å²) >= 11 is 0. The predicted molar refractivity (Wildman–Crippen MR) is 123 cm³/mol. The fourth-order valence-electron chi connectivity index (χ4n) is 4.21. The number of carboxylic acid groups (broad SMARTS) is 1. The Morgan fingerprint density at radius 3 is 2.47 bits per heavy atom. The third kappa shape index (κ3) is 5.39. The van der Waals surface area contributed by atoms with E-state index in [-0.39, 0.29) is 17.5 Å². The smallest absolute Gasteiger partial charge is 0.408 e. The predicted octanol–water partition coefficient (Wildman–Crippen LogP) is 4.49. The van der Waals surface area contributed by atoms with Crippen LogP contribution in [0.3, 0.4) is 0 Å². The Balaban J connectivity index is 1.97. The summed E-state index contributed by atoms with van der Waals surface area (Å²) < 4.78 is 6.97. The van der Waals surface area contributed by atoms with E-state index < -0.39 is 23.7 Å². The van der Waals surface area contributed by atoms with Gasteiger partial charge in [0.1, 0.15) is 11.6 Å². The second-order valence-corrected chi connectivity index (χ2v) is 9.63. The number of pyridine rings is 1. The SMILES string of the molecule is CC(C)n1cc(-c2ccc3c(c2)C([C@H](NC(=O)OC(C)(C)C)C(=O)O)CCC3)ccc1=O. The van der Waals surface area contributed by atoms with Crippen molar-refractivity contribution in [2.75, 3.05) is 0 Å². The molecule has 7 heteroatoms. The van der Waals surface area contributed by atoms with Crippen LogP contribution in [0.2, 0.25) is 0 Å². The van der Waals surface area contributed by atoms with Gasteiger partial charge in [0.25, 0.3) is 5.56 Å². The molecule has 2 atom stereocenters. The van der Waals surface area contributed by atoms with Crippen LogP contribution in [0.5, 0.6) is 0 Å². The summed E-state index contributed by atoms with van der Waals surface area (Å²) in [4.78, 5) is 36.6. The lowest BCUT2D eigenvalue weighted by Crippen LogP contribution is -2.47. The minimum absolute atomic E-state index is 0.0299. The van der Waals surface area contributed by atoms with E-state index in [0.29, 0.717) is 6.42 Å². The molecule has 0 fully saturated rings. The van der Waals surface area contributed by atoms with Gasteiger partial charge in [-0.2, -0.15) is 0 Å². The van der Waals surface area contributed by atoms with Crippen LogP contribution < -0.4 is 10.9 Å². The van der Waals surface area contributed by atoms with Crippen LogP contribution in [0.4, 0.5) is 4.79 Å². The molecule has 1 heterocycles. The van der Waals surface area contributed by atoms with Crippen molar-refractivity contribution in [3.05, 3.63) is 58.0 Å². The molecule has 1 aliphatic rings. The van der Waals surface area contributed by atoms with E-state index in [1.54, 1.807) is 37.5 Å². The Hall–Kier alpha value is -3.09. The molecule has 0 saturated carbocycles. The van der Waals surface area contributed by atoms with Crippen LogP contribution in [0.1, 0.15) is 70.5 Å². The van der Waals surface area contributed by atoms with Gasteiger partial charge < -0.3 is 19.7 Å². The number of carbonyl (C=O) groups is 2. The van der Waals surface area contributed by atoms with Crippen LogP contribution >= 0.6 is 0 Å². The third-order valence-corrected chi connectivity index (χ3v) is 5.68. The summed E-state index contributed by atoms with van der Waals surface area (Å²) in [6, 6.07) is 8.30. The average molecular weight is 441 g/mol. The topological polar surface area (TPSA) is 97.6 Å². The molecule has 3 rings (SSSR count). The van der Waals surface area contributed by atoms with Crippen LogP contribution in [0.15, 0.2) is 41.3 Å². The number of aromatic nitrogens is 1. The normalized spacial score (nSPS) is 16.9. The average Bonchev–Trinajstić information content (AvgIpc) is 2.70. The molecular formula is C25H32N2O5. The van der Waals surface area contributed by atoms with Gasteiger partial charge in [-0.1, -0.05) is 18.2 Å². The lowest BCUT2D eigenvalue weighted by Gasteiger charge is -2.31. The fraction of sp³-hybridized carbons (Fsp3) is 0.480. The number of amides is 1. The van der Waals surface area contributed by atoms with Crippen molar-refractivity contribution in [2.45, 2.75) is 77.5 Å². The Morgan fingerprint density at radius 1 is 1.16 bits per heavy atom. The number of aliphatic carboxylic acids is 1. The molecule has 2 aromatic rings. The maximum absolute atomic E-state index is 12.3. The van der Waals surface area contributed by atoms with Gasteiger partial charge in [0.2, 0.25) is 0 Å². The Morgan fingerprint density at radius 2 is 1.84 bits per heavy atom. The zero-order chi connectivity index (χ0) is 23.6. The van der Waals surface area contributed by atoms with Crippen molar-refractivity contribution in [1.29, 1.82) is 0 Å². The Bertz CT molecular complexity index is 1060. The van der Waals surface area contributed by atoms with Crippen molar-refractivity contribution in [2.24, 2.45) is 0 Å². The fourth-order valence-corrected chi connectivity index (χ4v) is 4.21. The molecule has 1 aromatic heterocycles. The highest BCUT2D eigenvalue weighted by molar-refractivity contribution is 5.81. The molecular weight excluding hydrogens is 408 g/mol. The second-order valence-electron chi connectivity index (χ2n) is 9.63. The molecule has 172 valence electrons. The first kappa shape index (κ1) is 23.6. The number of benzene rings is 1. The molecule has 0 bridgehead atoms. The summed E-state index contributed by atoms with van der Waals surface area (Å²) in [5, 5.41) is 12.5. The van der Waals surface area contributed by atoms with Gasteiger partial charge in [0.15, 0.2) is 0 Å². The van der Waals surface area contributed by atoms with E-state index >= 15 is 0 Å². The molecule has 0 radical (unpaired) electrons. The summed E-state index contributed by atoms with van der Waals surface area (Å²) in [7, 11) is 0. The Labute approximate surface area is 188 Å². The summed E-state index contributed by atoms with van der Waals surface area (Å²) in [6.45, 7) is 9.12. The molecule has 0 saturated heterocycles. The molecule has 0 aliphatic heterocycles. The number of hydrogen-bond donors (Lipinski definition) is 2. The third-order valence-electron chi connectivity index (χ3n) is 5.68. The highest BCUT2D eigenvalue weighted by Crippen LogP contribution is 2.37. The number of ether oxygens (including phenoxy) is 1. The van der Waals surface area contributed by atoms with Crippen LogP contribution in [-0.4, -0.2) is 33.4 Å². The van der Waals surface area contributed by atoms with E-state index in [0.717, 1.165) is 35.1 Å². The zero-order valence-corrected chi connectivity index (χ0v) is 19.3. The standard InChI is InChI=1S/C25H32N2O5/c1-15(2)27-14-18(11-12-21(27)28)17-10-9-16-7-6-8-19(20(16)13-17)22(23(29)30)26-24(31)32-25(3,4)5/h9-15,19,22H,6-8H2,1-5H3,(H,26,31)(H,29,30)/t19?,22-/m0/s1. The van der Waals surface area contributed by atoms with Gasteiger partial charge in [-0.3, -0.25) is 4.79 Å². The van der Waals surface area contributed by atoms with E-state index in [1.165, 1.54) is 0 Å². The summed E-state index contributed by atoms with van der Waals surface area (Å²) in [5.41, 5.74) is 3.01. The summed E-state index contributed by atoms with van der Waals surface area (Å²) in [5.74, 6) is -1.47. The number of fused-ring (bicyclic) bond motifs is 1. The van der Waals surface area contributed by atoms with Gasteiger partial charge in [-0.25, -0.2) is 9.59 Å². The van der Waals surface area contributed by atoms with Crippen molar-refractivity contribution >= 4 is 12.1 Å². The number of carbonyl (C=O) groups excluding carboxylic acids is 1. The molecule has 1 unspecified atom stereocenters. The molecule has 1 aliphatic carbocycles. The van der Waals surface area contributed by atoms with E-state index in [2.05, 4.69) is 5.32 Å². The highest BCUT2D eigenvalue weighted by Gasteiger charge is 2.35. The van der Waals surface area contributed by atoms with Gasteiger partial charge in [-0.15, -0.1) is 0 Å². The number of rotatable bonds is 5. The number of aryl methyl sites for hydroxylation is 1. The monoisotopic (exact) mass is 440 g/mol. The molecule has 7 nitrogen and oxygen atoms in total. The number of nitrogens with zero attached hydrogens (tertiary/aromatic N) is 1. The van der Waals surface area contributed by atoms with Crippen molar-refractivity contribution in [3.63, 3.8) is 0 Å². The van der Waals surface area contributed by atoms with Crippen molar-refractivity contribution in [3.8, 4) is 11.1 Å². The van der Waals surface area contributed by atoms with Crippen molar-refractivity contribution < 1.29 is 19.4 Å². The number of carboxylic acids is 1. The Kier molecular flexibility index (Phi) is 6.77. The van der Waals surface area contributed by atoms with Crippen LogP contribution in [0, 0.1) is 0 Å². The number of hydrogen-bond acceptors (Lipinski definition) is 4. The maximum Gasteiger partial charge on any atom is 0.408 e. The quantitative estimate of drug-likeness (QED) is 0.714. The number of nitrogens with one attached hydrogen (secondary N) is 1.